The second-order valence-corrected chi connectivity index (χ2v) is 5.23. The van der Waals surface area contributed by atoms with Crippen molar-refractivity contribution in [3.8, 4) is 0 Å². The second-order valence-electron chi connectivity index (χ2n) is 5.23. The Hall–Kier alpha value is -0.940. The molecule has 0 fully saturated rings. The van der Waals surface area contributed by atoms with Crippen molar-refractivity contribution in [3.63, 3.8) is 0 Å². The van der Waals surface area contributed by atoms with Gasteiger partial charge in [0.05, 0.1) is 25.9 Å². The van der Waals surface area contributed by atoms with Gasteiger partial charge in [-0.05, 0) is 38.4 Å². The van der Waals surface area contributed by atoms with Crippen LogP contribution < -0.4 is 5.32 Å². The van der Waals surface area contributed by atoms with E-state index < -0.39 is 0 Å². The maximum absolute atomic E-state index is 5.77. The summed E-state index contributed by atoms with van der Waals surface area (Å²) >= 11 is 0. The molecule has 21 heavy (non-hydrogen) atoms. The summed E-state index contributed by atoms with van der Waals surface area (Å²) in [5.41, 5.74) is 3.89. The molecule has 0 aliphatic rings. The van der Waals surface area contributed by atoms with Gasteiger partial charge in [0.1, 0.15) is 0 Å². The van der Waals surface area contributed by atoms with Crippen LogP contribution >= 0.6 is 0 Å². The van der Waals surface area contributed by atoms with Gasteiger partial charge in [0.2, 0.25) is 0 Å². The van der Waals surface area contributed by atoms with Crippen LogP contribution in [0.25, 0.3) is 0 Å². The molecular weight excluding hydrogens is 266 g/mol. The van der Waals surface area contributed by atoms with Crippen LogP contribution in [-0.2, 0) is 14.2 Å². The van der Waals surface area contributed by atoms with Crippen LogP contribution in [-0.4, -0.2) is 47.2 Å². The Balaban J connectivity index is 2.27. The van der Waals surface area contributed by atoms with Crippen LogP contribution in [0.2, 0.25) is 0 Å². The fourth-order valence-electron chi connectivity index (χ4n) is 2.17. The molecule has 120 valence electrons. The zero-order valence-electron chi connectivity index (χ0n) is 13.8. The first-order chi connectivity index (χ1) is 10.2. The van der Waals surface area contributed by atoms with Crippen molar-refractivity contribution in [1.82, 2.24) is 5.32 Å². The minimum atomic E-state index is 0.235. The van der Waals surface area contributed by atoms with Gasteiger partial charge in [-0.1, -0.05) is 23.8 Å². The van der Waals surface area contributed by atoms with Gasteiger partial charge in [-0.3, -0.25) is 0 Å². The van der Waals surface area contributed by atoms with Gasteiger partial charge < -0.3 is 19.5 Å². The van der Waals surface area contributed by atoms with Crippen LogP contribution in [0.3, 0.4) is 0 Å². The van der Waals surface area contributed by atoms with Gasteiger partial charge in [-0.25, -0.2) is 0 Å². The molecule has 0 bridgehead atoms. The van der Waals surface area contributed by atoms with E-state index in [0.29, 0.717) is 19.8 Å². The smallest absolute Gasteiger partial charge is 0.0700 e. The highest BCUT2D eigenvalue weighted by atomic mass is 16.5. The van der Waals surface area contributed by atoms with Gasteiger partial charge in [0, 0.05) is 20.3 Å². The molecule has 0 saturated carbocycles. The van der Waals surface area contributed by atoms with Crippen LogP contribution in [0, 0.1) is 13.8 Å². The van der Waals surface area contributed by atoms with E-state index in [1.807, 2.05) is 7.05 Å². The molecule has 0 amide bonds. The first-order valence-corrected chi connectivity index (χ1v) is 7.58. The topological polar surface area (TPSA) is 39.7 Å². The second kappa shape index (κ2) is 10.7. The monoisotopic (exact) mass is 295 g/mol. The molecule has 0 aliphatic heterocycles. The number of hydrogen-bond acceptors (Lipinski definition) is 4. The van der Waals surface area contributed by atoms with Crippen molar-refractivity contribution >= 4 is 0 Å². The summed E-state index contributed by atoms with van der Waals surface area (Å²) in [5.74, 6) is 0. The van der Waals surface area contributed by atoms with Crippen LogP contribution in [0.4, 0.5) is 0 Å². The summed E-state index contributed by atoms with van der Waals surface area (Å²) in [6.07, 6.45) is 0.910. The minimum absolute atomic E-state index is 0.235. The molecule has 4 heteroatoms. The molecule has 1 atom stereocenters. The lowest BCUT2D eigenvalue weighted by Gasteiger charge is -2.19. The maximum atomic E-state index is 5.77. The molecule has 1 N–H and O–H groups in total. The third kappa shape index (κ3) is 7.05. The number of benzene rings is 1. The largest absolute Gasteiger partial charge is 0.382 e. The fraction of sp³-hybridized carbons (Fsp3) is 0.647. The Morgan fingerprint density at radius 1 is 1.05 bits per heavy atom. The average molecular weight is 295 g/mol. The molecule has 0 saturated heterocycles. The molecule has 0 heterocycles. The summed E-state index contributed by atoms with van der Waals surface area (Å²) < 4.78 is 16.1. The maximum Gasteiger partial charge on any atom is 0.0700 e. The number of likely N-dealkylation sites (N-methyl/N-ethyl adjacent to an activating group) is 1. The molecule has 0 aromatic heterocycles. The SMILES string of the molecule is CNC(COCCCOCCOC)c1cc(C)ccc1C. The molecule has 0 aliphatic carbocycles. The lowest BCUT2D eigenvalue weighted by molar-refractivity contribution is 0.0477. The van der Waals surface area contributed by atoms with E-state index in [2.05, 4.69) is 37.4 Å². The lowest BCUT2D eigenvalue weighted by Crippen LogP contribution is -2.23. The summed E-state index contributed by atoms with van der Waals surface area (Å²) in [6.45, 7) is 7.68. The van der Waals surface area contributed by atoms with Crippen LogP contribution in [0.1, 0.15) is 29.2 Å². The highest BCUT2D eigenvalue weighted by molar-refractivity contribution is 5.33. The van der Waals surface area contributed by atoms with Crippen molar-refractivity contribution in [2.45, 2.75) is 26.3 Å². The number of methoxy groups -OCH3 is 1. The number of nitrogens with one attached hydrogen (secondary N) is 1. The van der Waals surface area contributed by atoms with E-state index in [1.54, 1.807) is 7.11 Å². The first kappa shape index (κ1) is 18.1. The van der Waals surface area contributed by atoms with Crippen molar-refractivity contribution in [3.05, 3.63) is 34.9 Å². The number of ether oxygens (including phenoxy) is 3. The predicted octanol–water partition coefficient (Wildman–Crippen LogP) is 2.63. The summed E-state index contributed by atoms with van der Waals surface area (Å²) in [6, 6.07) is 6.77. The summed E-state index contributed by atoms with van der Waals surface area (Å²) in [7, 11) is 3.65. The Bertz CT molecular complexity index is 396. The third-order valence-corrected chi connectivity index (χ3v) is 3.45. The standard InChI is InChI=1S/C17H29NO3/c1-14-6-7-15(2)16(12-14)17(18-3)13-21-9-5-8-20-11-10-19-4/h6-7,12,17-18H,5,8-11,13H2,1-4H3. The van der Waals surface area contributed by atoms with Gasteiger partial charge in [-0.2, -0.15) is 0 Å². The highest BCUT2D eigenvalue weighted by Gasteiger charge is 2.12. The van der Waals surface area contributed by atoms with E-state index in [-0.39, 0.29) is 6.04 Å². The molecule has 1 aromatic rings. The Kier molecular flexibility index (Phi) is 9.26. The Morgan fingerprint density at radius 2 is 1.81 bits per heavy atom. The predicted molar refractivity (Wildman–Crippen MR) is 85.8 cm³/mol. The quantitative estimate of drug-likeness (QED) is 0.637. The molecule has 0 spiro atoms. The molecule has 1 aromatic carbocycles. The molecule has 0 radical (unpaired) electrons. The van der Waals surface area contributed by atoms with E-state index in [4.69, 9.17) is 14.2 Å². The third-order valence-electron chi connectivity index (χ3n) is 3.45. The van der Waals surface area contributed by atoms with E-state index in [0.717, 1.165) is 19.6 Å². The van der Waals surface area contributed by atoms with Gasteiger partial charge in [-0.15, -0.1) is 0 Å². The van der Waals surface area contributed by atoms with Gasteiger partial charge >= 0.3 is 0 Å². The Labute approximate surface area is 128 Å². The van der Waals surface area contributed by atoms with E-state index in [1.165, 1.54) is 16.7 Å². The minimum Gasteiger partial charge on any atom is -0.382 e. The zero-order chi connectivity index (χ0) is 15.5. The average Bonchev–Trinajstić information content (AvgIpc) is 2.49. The highest BCUT2D eigenvalue weighted by Crippen LogP contribution is 2.19. The fourth-order valence-corrected chi connectivity index (χ4v) is 2.17. The number of aryl methyl sites for hydroxylation is 2. The molecular formula is C17H29NO3. The molecule has 1 rings (SSSR count). The van der Waals surface area contributed by atoms with Gasteiger partial charge in [0.15, 0.2) is 0 Å². The van der Waals surface area contributed by atoms with Crippen molar-refractivity contribution in [2.75, 3.05) is 47.2 Å². The number of hydrogen-bond donors (Lipinski definition) is 1. The first-order valence-electron chi connectivity index (χ1n) is 7.58. The van der Waals surface area contributed by atoms with Crippen LogP contribution in [0.15, 0.2) is 18.2 Å². The normalized spacial score (nSPS) is 12.6. The van der Waals surface area contributed by atoms with Gasteiger partial charge in [0.25, 0.3) is 0 Å². The zero-order valence-corrected chi connectivity index (χ0v) is 13.8. The molecule has 1 unspecified atom stereocenters. The van der Waals surface area contributed by atoms with Crippen molar-refractivity contribution in [1.29, 1.82) is 0 Å². The van der Waals surface area contributed by atoms with E-state index >= 15 is 0 Å². The summed E-state index contributed by atoms with van der Waals surface area (Å²) in [5, 5.41) is 3.33. The van der Waals surface area contributed by atoms with Crippen LogP contribution in [0.5, 0.6) is 0 Å². The number of rotatable bonds is 11. The summed E-state index contributed by atoms with van der Waals surface area (Å²) in [4.78, 5) is 0. The molecule has 4 nitrogen and oxygen atoms in total. The van der Waals surface area contributed by atoms with Crippen molar-refractivity contribution in [2.24, 2.45) is 0 Å². The van der Waals surface area contributed by atoms with E-state index in [9.17, 15) is 0 Å². The Morgan fingerprint density at radius 3 is 2.52 bits per heavy atom. The van der Waals surface area contributed by atoms with Crippen molar-refractivity contribution < 1.29 is 14.2 Å². The lowest BCUT2D eigenvalue weighted by atomic mass is 9.99.